The molecule has 27 heavy (non-hydrogen) atoms. The molecular formula is C22H26N4O. The van der Waals surface area contributed by atoms with Crippen molar-refractivity contribution in [1.29, 1.82) is 0 Å². The molecule has 2 N–H and O–H groups in total. The standard InChI is InChI=1S/C22H26N4O/c27-22(10-7-17-11-13-23-14-12-17)24-15-18-5-8-19(9-6-18)26-16-25-20-3-1-2-4-21(20)26/h1-6,8-9,16-17,23H,7,10-15H2,(H,24,27). The highest BCUT2D eigenvalue weighted by Crippen LogP contribution is 2.19. The molecule has 0 unspecified atom stereocenters. The van der Waals surface area contributed by atoms with Crippen LogP contribution in [0, 0.1) is 5.92 Å². The van der Waals surface area contributed by atoms with Gasteiger partial charge in [0, 0.05) is 18.7 Å². The summed E-state index contributed by atoms with van der Waals surface area (Å²) < 4.78 is 2.08. The van der Waals surface area contributed by atoms with Gasteiger partial charge in [0.2, 0.25) is 5.91 Å². The van der Waals surface area contributed by atoms with E-state index in [-0.39, 0.29) is 5.91 Å². The summed E-state index contributed by atoms with van der Waals surface area (Å²) in [4.78, 5) is 16.6. The van der Waals surface area contributed by atoms with Crippen LogP contribution >= 0.6 is 0 Å². The number of nitrogens with one attached hydrogen (secondary N) is 2. The Morgan fingerprint density at radius 3 is 2.70 bits per heavy atom. The first-order chi connectivity index (χ1) is 13.3. The number of benzene rings is 2. The maximum atomic E-state index is 12.1. The van der Waals surface area contributed by atoms with Gasteiger partial charge in [-0.1, -0.05) is 24.3 Å². The Hall–Kier alpha value is -2.66. The number of para-hydroxylation sites is 2. The SMILES string of the molecule is O=C(CCC1CCNCC1)NCc1ccc(-n2cnc3ccccc32)cc1. The summed E-state index contributed by atoms with van der Waals surface area (Å²) in [6.07, 6.45) is 5.86. The number of aromatic nitrogens is 2. The lowest BCUT2D eigenvalue weighted by Gasteiger charge is -2.22. The minimum atomic E-state index is 0.151. The smallest absolute Gasteiger partial charge is 0.220 e. The molecule has 1 amide bonds. The number of amides is 1. The molecule has 0 radical (unpaired) electrons. The van der Waals surface area contributed by atoms with Gasteiger partial charge in [-0.15, -0.1) is 0 Å². The van der Waals surface area contributed by atoms with Crippen LogP contribution < -0.4 is 10.6 Å². The lowest BCUT2D eigenvalue weighted by molar-refractivity contribution is -0.121. The largest absolute Gasteiger partial charge is 0.352 e. The summed E-state index contributed by atoms with van der Waals surface area (Å²) in [7, 11) is 0. The highest BCUT2D eigenvalue weighted by Gasteiger charge is 2.14. The number of rotatable bonds is 6. The molecule has 0 atom stereocenters. The fourth-order valence-corrected chi connectivity index (χ4v) is 3.73. The third kappa shape index (κ3) is 4.37. The van der Waals surface area contributed by atoms with Gasteiger partial charge in [-0.3, -0.25) is 9.36 Å². The Labute approximate surface area is 159 Å². The molecule has 1 aliphatic heterocycles. The molecule has 0 bridgehead atoms. The van der Waals surface area contributed by atoms with Crippen molar-refractivity contribution in [3.8, 4) is 5.69 Å². The molecule has 1 saturated heterocycles. The van der Waals surface area contributed by atoms with E-state index < -0.39 is 0 Å². The molecule has 1 aromatic heterocycles. The number of carbonyl (C=O) groups is 1. The Kier molecular flexibility index (Phi) is 5.49. The zero-order valence-corrected chi connectivity index (χ0v) is 15.5. The molecule has 0 aliphatic carbocycles. The number of hydrogen-bond acceptors (Lipinski definition) is 3. The quantitative estimate of drug-likeness (QED) is 0.706. The molecule has 5 heteroatoms. The van der Waals surface area contributed by atoms with E-state index >= 15 is 0 Å². The first-order valence-corrected chi connectivity index (χ1v) is 9.78. The normalized spacial score (nSPS) is 15.1. The summed E-state index contributed by atoms with van der Waals surface area (Å²) in [6.45, 7) is 2.76. The Bertz CT molecular complexity index is 894. The van der Waals surface area contributed by atoms with Crippen LogP contribution in [-0.2, 0) is 11.3 Å². The maximum absolute atomic E-state index is 12.1. The molecule has 5 nitrogen and oxygen atoms in total. The highest BCUT2D eigenvalue weighted by molar-refractivity contribution is 5.77. The van der Waals surface area contributed by atoms with Crippen LogP contribution in [-0.4, -0.2) is 28.5 Å². The summed E-state index contributed by atoms with van der Waals surface area (Å²) >= 11 is 0. The van der Waals surface area contributed by atoms with Gasteiger partial charge in [0.05, 0.1) is 11.0 Å². The van der Waals surface area contributed by atoms with Crippen molar-refractivity contribution in [2.75, 3.05) is 13.1 Å². The third-order valence-corrected chi connectivity index (χ3v) is 5.40. The number of nitrogens with zero attached hydrogens (tertiary/aromatic N) is 2. The monoisotopic (exact) mass is 362 g/mol. The highest BCUT2D eigenvalue weighted by atomic mass is 16.1. The van der Waals surface area contributed by atoms with Crippen molar-refractivity contribution < 1.29 is 4.79 Å². The molecule has 140 valence electrons. The van der Waals surface area contributed by atoms with E-state index in [2.05, 4.69) is 50.5 Å². The lowest BCUT2D eigenvalue weighted by Crippen LogP contribution is -2.29. The molecule has 2 aromatic carbocycles. The van der Waals surface area contributed by atoms with Gasteiger partial charge >= 0.3 is 0 Å². The minimum absolute atomic E-state index is 0.151. The van der Waals surface area contributed by atoms with Crippen LogP contribution in [0.15, 0.2) is 54.9 Å². The van der Waals surface area contributed by atoms with Gasteiger partial charge in [0.15, 0.2) is 0 Å². The van der Waals surface area contributed by atoms with E-state index in [1.54, 1.807) is 0 Å². The van der Waals surface area contributed by atoms with Crippen molar-refractivity contribution in [2.45, 2.75) is 32.2 Å². The first kappa shape index (κ1) is 17.7. The molecule has 0 saturated carbocycles. The summed E-state index contributed by atoms with van der Waals surface area (Å²) in [5.41, 5.74) is 4.27. The van der Waals surface area contributed by atoms with Gasteiger partial charge < -0.3 is 10.6 Å². The second kappa shape index (κ2) is 8.35. The van der Waals surface area contributed by atoms with E-state index in [1.807, 2.05) is 24.5 Å². The molecule has 2 heterocycles. The number of hydrogen-bond donors (Lipinski definition) is 2. The van der Waals surface area contributed by atoms with Crippen LogP contribution in [0.3, 0.4) is 0 Å². The Morgan fingerprint density at radius 1 is 1.11 bits per heavy atom. The van der Waals surface area contributed by atoms with Crippen LogP contribution in [0.5, 0.6) is 0 Å². The third-order valence-electron chi connectivity index (χ3n) is 5.40. The molecule has 4 rings (SSSR count). The van der Waals surface area contributed by atoms with Crippen LogP contribution in [0.4, 0.5) is 0 Å². The summed E-state index contributed by atoms with van der Waals surface area (Å²) in [6, 6.07) is 16.4. The molecular weight excluding hydrogens is 336 g/mol. The van der Waals surface area contributed by atoms with Crippen LogP contribution in [0.2, 0.25) is 0 Å². The van der Waals surface area contributed by atoms with Gasteiger partial charge in [-0.25, -0.2) is 4.98 Å². The Morgan fingerprint density at radius 2 is 1.89 bits per heavy atom. The predicted molar refractivity (Wildman–Crippen MR) is 108 cm³/mol. The number of piperidine rings is 1. The van der Waals surface area contributed by atoms with Gasteiger partial charge in [0.25, 0.3) is 0 Å². The second-order valence-corrected chi connectivity index (χ2v) is 7.28. The second-order valence-electron chi connectivity index (χ2n) is 7.28. The maximum Gasteiger partial charge on any atom is 0.220 e. The number of imidazole rings is 1. The fourth-order valence-electron chi connectivity index (χ4n) is 3.73. The zero-order valence-electron chi connectivity index (χ0n) is 15.5. The molecule has 3 aromatic rings. The lowest BCUT2D eigenvalue weighted by atomic mass is 9.93. The average Bonchev–Trinajstić information content (AvgIpc) is 3.16. The number of carbonyl (C=O) groups excluding carboxylic acids is 1. The molecule has 1 aliphatic rings. The Balaban J connectivity index is 1.31. The predicted octanol–water partition coefficient (Wildman–Crippen LogP) is 3.42. The van der Waals surface area contributed by atoms with E-state index in [4.69, 9.17) is 0 Å². The summed E-state index contributed by atoms with van der Waals surface area (Å²) in [5, 5.41) is 6.42. The molecule has 1 fully saturated rings. The van der Waals surface area contributed by atoms with Gasteiger partial charge in [0.1, 0.15) is 6.33 Å². The average molecular weight is 362 g/mol. The van der Waals surface area contributed by atoms with E-state index in [0.29, 0.717) is 18.9 Å². The van der Waals surface area contributed by atoms with Crippen molar-refractivity contribution in [2.24, 2.45) is 5.92 Å². The number of fused-ring (bicyclic) bond motifs is 1. The van der Waals surface area contributed by atoms with E-state index in [9.17, 15) is 4.79 Å². The van der Waals surface area contributed by atoms with E-state index in [1.165, 1.54) is 12.8 Å². The van der Waals surface area contributed by atoms with Crippen LogP contribution in [0.1, 0.15) is 31.2 Å². The van der Waals surface area contributed by atoms with E-state index in [0.717, 1.165) is 41.8 Å². The summed E-state index contributed by atoms with van der Waals surface area (Å²) in [5.74, 6) is 0.847. The van der Waals surface area contributed by atoms with Gasteiger partial charge in [-0.05, 0) is 68.1 Å². The topological polar surface area (TPSA) is 59.0 Å². The van der Waals surface area contributed by atoms with Crippen molar-refractivity contribution in [1.82, 2.24) is 20.2 Å². The van der Waals surface area contributed by atoms with Crippen LogP contribution in [0.25, 0.3) is 16.7 Å². The van der Waals surface area contributed by atoms with Crippen molar-refractivity contribution >= 4 is 16.9 Å². The zero-order chi connectivity index (χ0) is 18.5. The van der Waals surface area contributed by atoms with Crippen molar-refractivity contribution in [3.63, 3.8) is 0 Å². The minimum Gasteiger partial charge on any atom is -0.352 e. The first-order valence-electron chi connectivity index (χ1n) is 9.78. The van der Waals surface area contributed by atoms with Crippen molar-refractivity contribution in [3.05, 3.63) is 60.4 Å². The molecule has 0 spiro atoms. The fraction of sp³-hybridized carbons (Fsp3) is 0.364. The van der Waals surface area contributed by atoms with Gasteiger partial charge in [-0.2, -0.15) is 0 Å².